The van der Waals surface area contributed by atoms with E-state index in [4.69, 9.17) is 21.1 Å². The second-order valence-corrected chi connectivity index (χ2v) is 13.8. The average molecular weight is 616 g/mol. The van der Waals surface area contributed by atoms with Crippen molar-refractivity contribution < 1.29 is 28.7 Å². The van der Waals surface area contributed by atoms with Gasteiger partial charge >= 0.3 is 6.09 Å². The molecule has 1 N–H and O–H groups in total. The second kappa shape index (κ2) is 11.9. The van der Waals surface area contributed by atoms with Crippen LogP contribution in [-0.4, -0.2) is 108 Å². The Bertz CT molecular complexity index is 1280. The molecule has 0 aromatic heterocycles. The van der Waals surface area contributed by atoms with Crippen LogP contribution in [0.2, 0.25) is 5.02 Å². The van der Waals surface area contributed by atoms with E-state index in [1.54, 1.807) is 9.80 Å². The van der Waals surface area contributed by atoms with Crippen LogP contribution in [0.3, 0.4) is 0 Å². The zero-order valence-electron chi connectivity index (χ0n) is 25.3. The molecule has 11 nitrogen and oxygen atoms in total. The number of piperazine rings is 1. The number of nitrogens with one attached hydrogen (secondary N) is 1. The topological polar surface area (TPSA) is 112 Å². The van der Waals surface area contributed by atoms with Crippen LogP contribution >= 0.6 is 11.6 Å². The summed E-state index contributed by atoms with van der Waals surface area (Å²) >= 11 is 6.89. The average Bonchev–Trinajstić information content (AvgIpc) is 3.27. The summed E-state index contributed by atoms with van der Waals surface area (Å²) in [6, 6.07) is 3.61. The monoisotopic (exact) mass is 615 g/mol. The number of piperidine rings is 2. The number of amides is 4. The Labute approximate surface area is 257 Å². The summed E-state index contributed by atoms with van der Waals surface area (Å²) in [5.74, 6) is -0.928. The van der Waals surface area contributed by atoms with Crippen molar-refractivity contribution >= 4 is 41.1 Å². The van der Waals surface area contributed by atoms with Gasteiger partial charge in [-0.05, 0) is 65.0 Å². The van der Waals surface area contributed by atoms with Gasteiger partial charge in [0.2, 0.25) is 11.8 Å². The molecule has 1 aliphatic carbocycles. The Morgan fingerprint density at radius 3 is 2.30 bits per heavy atom. The maximum absolute atomic E-state index is 13.1. The molecule has 1 aromatic rings. The number of hydrogen-bond donors (Lipinski definition) is 1. The highest BCUT2D eigenvalue weighted by atomic mass is 35.5. The van der Waals surface area contributed by atoms with E-state index in [1.807, 2.05) is 32.9 Å². The van der Waals surface area contributed by atoms with Gasteiger partial charge in [0.05, 0.1) is 22.9 Å². The molecule has 5 aliphatic rings. The molecule has 4 heterocycles. The maximum Gasteiger partial charge on any atom is 0.410 e. The number of rotatable bonds is 5. The zero-order valence-corrected chi connectivity index (χ0v) is 26.0. The lowest BCUT2D eigenvalue weighted by Gasteiger charge is -2.47. The quantitative estimate of drug-likeness (QED) is 0.503. The van der Waals surface area contributed by atoms with E-state index < -0.39 is 17.6 Å². The highest BCUT2D eigenvalue weighted by Crippen LogP contribution is 2.39. The molecule has 1 aromatic carbocycles. The van der Waals surface area contributed by atoms with Crippen molar-refractivity contribution in [3.8, 4) is 0 Å². The van der Waals surface area contributed by atoms with Gasteiger partial charge in [0.15, 0.2) is 0 Å². The molecule has 6 rings (SSSR count). The van der Waals surface area contributed by atoms with Crippen LogP contribution in [0.25, 0.3) is 0 Å². The Balaban J connectivity index is 0.955. The second-order valence-electron chi connectivity index (χ2n) is 13.4. The van der Waals surface area contributed by atoms with Gasteiger partial charge < -0.3 is 24.2 Å². The lowest BCUT2D eigenvalue weighted by Crippen LogP contribution is -2.56. The largest absolute Gasteiger partial charge is 0.444 e. The summed E-state index contributed by atoms with van der Waals surface area (Å²) in [5.41, 5.74) is 1.73. The minimum atomic E-state index is -0.652. The van der Waals surface area contributed by atoms with Crippen LogP contribution in [-0.2, 0) is 25.6 Å². The summed E-state index contributed by atoms with van der Waals surface area (Å²) in [4.78, 5) is 57.5. The van der Waals surface area contributed by atoms with E-state index in [0.717, 1.165) is 63.1 Å². The van der Waals surface area contributed by atoms with Gasteiger partial charge in [-0.2, -0.15) is 0 Å². The molecule has 12 heteroatoms. The number of imide groups is 1. The third kappa shape index (κ3) is 6.35. The molecule has 0 spiro atoms. The van der Waals surface area contributed by atoms with Crippen LogP contribution in [0.15, 0.2) is 12.1 Å². The van der Waals surface area contributed by atoms with Crippen molar-refractivity contribution in [3.63, 3.8) is 0 Å². The van der Waals surface area contributed by atoms with Gasteiger partial charge in [0.1, 0.15) is 11.6 Å². The van der Waals surface area contributed by atoms with E-state index in [1.165, 1.54) is 0 Å². The molecule has 1 unspecified atom stereocenters. The molecule has 43 heavy (non-hydrogen) atoms. The summed E-state index contributed by atoms with van der Waals surface area (Å²) in [6.45, 7) is 10.8. The van der Waals surface area contributed by atoms with Crippen molar-refractivity contribution in [1.82, 2.24) is 20.0 Å². The lowest BCUT2D eigenvalue weighted by molar-refractivity contribution is -0.136. The highest BCUT2D eigenvalue weighted by molar-refractivity contribution is 6.35. The van der Waals surface area contributed by atoms with Crippen LogP contribution in [0.5, 0.6) is 0 Å². The first-order valence-corrected chi connectivity index (χ1v) is 15.9. The van der Waals surface area contributed by atoms with Crippen LogP contribution < -0.4 is 10.2 Å². The first kappa shape index (κ1) is 30.1. The first-order chi connectivity index (χ1) is 20.5. The number of nitrogens with zero attached hydrogens (tertiary/aromatic N) is 4. The molecule has 3 saturated heterocycles. The fourth-order valence-corrected chi connectivity index (χ4v) is 7.23. The van der Waals surface area contributed by atoms with Crippen molar-refractivity contribution in [2.75, 3.05) is 44.2 Å². The van der Waals surface area contributed by atoms with E-state index in [2.05, 4.69) is 15.1 Å². The van der Waals surface area contributed by atoms with E-state index in [0.29, 0.717) is 36.1 Å². The fourth-order valence-electron chi connectivity index (χ4n) is 6.88. The van der Waals surface area contributed by atoms with Crippen molar-refractivity contribution in [2.45, 2.75) is 95.7 Å². The van der Waals surface area contributed by atoms with E-state index in [-0.39, 0.29) is 43.1 Å². The summed E-state index contributed by atoms with van der Waals surface area (Å²) in [6.07, 6.45) is 4.54. The molecular formula is C31H42ClN5O6. The Kier molecular flexibility index (Phi) is 8.34. The van der Waals surface area contributed by atoms with E-state index >= 15 is 0 Å². The number of benzene rings is 1. The van der Waals surface area contributed by atoms with Crippen LogP contribution in [0, 0.1) is 0 Å². The third-order valence-corrected chi connectivity index (χ3v) is 9.77. The van der Waals surface area contributed by atoms with Crippen LogP contribution in [0.1, 0.15) is 75.2 Å². The molecule has 0 radical (unpaired) electrons. The van der Waals surface area contributed by atoms with Gasteiger partial charge in [-0.3, -0.25) is 24.6 Å². The molecule has 0 bridgehead atoms. The van der Waals surface area contributed by atoms with Crippen molar-refractivity contribution in [3.05, 3.63) is 28.3 Å². The van der Waals surface area contributed by atoms with Gasteiger partial charge in [-0.15, -0.1) is 0 Å². The number of halogens is 1. The predicted molar refractivity (Wildman–Crippen MR) is 160 cm³/mol. The summed E-state index contributed by atoms with van der Waals surface area (Å²) in [5, 5.41) is 2.92. The van der Waals surface area contributed by atoms with Crippen LogP contribution in [0.4, 0.5) is 10.5 Å². The molecule has 4 amide bonds. The summed E-state index contributed by atoms with van der Waals surface area (Å²) in [7, 11) is 0. The Morgan fingerprint density at radius 1 is 0.953 bits per heavy atom. The molecule has 4 aliphatic heterocycles. The Morgan fingerprint density at radius 2 is 1.65 bits per heavy atom. The third-order valence-electron chi connectivity index (χ3n) is 9.35. The van der Waals surface area contributed by atoms with E-state index in [9.17, 15) is 19.2 Å². The smallest absolute Gasteiger partial charge is 0.410 e. The van der Waals surface area contributed by atoms with Gasteiger partial charge in [0, 0.05) is 69.4 Å². The normalized spacial score (nSPS) is 27.2. The standard InChI is InChI=1S/C31H42ClN5O6/c1-31(2,3)43-30(41)36-10-8-20(9-11-36)42-21-16-19(17-21)34-12-14-35(15-13-34)24-5-4-22-23(27(24)32)18-37(29(22)40)25-6-7-26(38)33-28(25)39/h4-5,19-21,25H,6-18H2,1-3H3,(H,33,38,39)/t19-,21-,25?. The number of anilines is 1. The molecule has 234 valence electrons. The number of carbonyl (C=O) groups is 4. The minimum Gasteiger partial charge on any atom is -0.444 e. The summed E-state index contributed by atoms with van der Waals surface area (Å²) < 4.78 is 11.9. The fraction of sp³-hybridized carbons (Fsp3) is 0.677. The molecule has 1 saturated carbocycles. The Hall–Kier alpha value is -2.89. The van der Waals surface area contributed by atoms with Crippen molar-refractivity contribution in [2.24, 2.45) is 0 Å². The number of likely N-dealkylation sites (tertiary alicyclic amines) is 1. The van der Waals surface area contributed by atoms with Gasteiger partial charge in [-0.25, -0.2) is 4.79 Å². The zero-order chi connectivity index (χ0) is 30.5. The van der Waals surface area contributed by atoms with Crippen molar-refractivity contribution in [1.29, 1.82) is 0 Å². The number of carbonyl (C=O) groups excluding carboxylic acids is 4. The number of fused-ring (bicyclic) bond motifs is 1. The number of hydrogen-bond acceptors (Lipinski definition) is 8. The SMILES string of the molecule is CC(C)(C)OC(=O)N1CCC(O[C@H]2C[C@H](N3CCN(c4ccc5c(c4Cl)CN(C4CCC(=O)NC4=O)C5=O)CC3)C2)CC1. The predicted octanol–water partition coefficient (Wildman–Crippen LogP) is 3.17. The lowest BCUT2D eigenvalue weighted by atomic mass is 9.87. The molecule has 1 atom stereocenters. The molecular weight excluding hydrogens is 574 g/mol. The highest BCUT2D eigenvalue weighted by Gasteiger charge is 2.41. The first-order valence-electron chi connectivity index (χ1n) is 15.6. The molecule has 4 fully saturated rings. The van der Waals surface area contributed by atoms with Gasteiger partial charge in [-0.1, -0.05) is 11.6 Å². The minimum absolute atomic E-state index is 0.196. The van der Waals surface area contributed by atoms with Gasteiger partial charge in [0.25, 0.3) is 5.91 Å². The maximum atomic E-state index is 13.1. The number of ether oxygens (including phenoxy) is 2.